The van der Waals surface area contributed by atoms with Crippen molar-refractivity contribution in [3.8, 4) is 11.5 Å². The predicted molar refractivity (Wildman–Crippen MR) is 73.1 cm³/mol. The minimum Gasteiger partial charge on any atom is -0.487 e. The smallest absolute Gasteiger partial charge is 0.413 e. The molecule has 1 rings (SSSR count). The summed E-state index contributed by atoms with van der Waals surface area (Å²) >= 11 is 0. The molecule has 20 heavy (non-hydrogen) atoms. The summed E-state index contributed by atoms with van der Waals surface area (Å²) < 4.78 is 15.3. The van der Waals surface area contributed by atoms with Crippen LogP contribution in [0.1, 0.15) is 13.8 Å². The fourth-order valence-corrected chi connectivity index (χ4v) is 1.40. The fraction of sp³-hybridized carbons (Fsp3) is 0.429. The van der Waals surface area contributed by atoms with Crippen molar-refractivity contribution in [2.45, 2.75) is 20.0 Å². The summed E-state index contributed by atoms with van der Waals surface area (Å²) in [7, 11) is 1.41. The number of carbonyl (C=O) groups excluding carboxylic acids is 2. The van der Waals surface area contributed by atoms with Gasteiger partial charge in [-0.3, -0.25) is 4.79 Å². The van der Waals surface area contributed by atoms with Gasteiger partial charge in [-0.1, -0.05) is 12.1 Å². The molecule has 0 spiro atoms. The van der Waals surface area contributed by atoms with Gasteiger partial charge in [0.1, 0.15) is 6.61 Å². The molecule has 1 aromatic rings. The van der Waals surface area contributed by atoms with Crippen LogP contribution in [0.4, 0.5) is 4.79 Å². The molecule has 0 aliphatic heterocycles. The van der Waals surface area contributed by atoms with Crippen LogP contribution in [-0.2, 0) is 9.53 Å². The Morgan fingerprint density at radius 2 is 1.85 bits per heavy atom. The summed E-state index contributed by atoms with van der Waals surface area (Å²) in [5.74, 6) is 0.537. The molecule has 0 unspecified atom stereocenters. The Labute approximate surface area is 118 Å². The number of benzene rings is 1. The van der Waals surface area contributed by atoms with E-state index in [2.05, 4.69) is 10.1 Å². The normalized spacial score (nSPS) is 10.2. The first-order valence-corrected chi connectivity index (χ1v) is 6.25. The molecule has 1 aromatic carbocycles. The Balaban J connectivity index is 2.55. The maximum absolute atomic E-state index is 11.6. The van der Waals surface area contributed by atoms with Crippen molar-refractivity contribution in [2.24, 2.45) is 0 Å². The van der Waals surface area contributed by atoms with E-state index in [1.165, 1.54) is 7.11 Å². The Bertz CT molecular complexity index is 459. The first-order chi connectivity index (χ1) is 9.52. The van der Waals surface area contributed by atoms with Gasteiger partial charge in [-0.25, -0.2) is 4.79 Å². The van der Waals surface area contributed by atoms with Crippen molar-refractivity contribution in [2.75, 3.05) is 20.3 Å². The van der Waals surface area contributed by atoms with Gasteiger partial charge in [0.05, 0.1) is 12.6 Å². The predicted octanol–water partition coefficient (Wildman–Crippen LogP) is 1.78. The highest BCUT2D eigenvalue weighted by atomic mass is 16.6. The number of ether oxygens (including phenoxy) is 3. The molecule has 0 heterocycles. The molecule has 0 aromatic heterocycles. The first kappa shape index (κ1) is 16.0. The Morgan fingerprint density at radius 3 is 2.45 bits per heavy atom. The van der Waals surface area contributed by atoms with E-state index in [9.17, 15) is 9.59 Å². The zero-order chi connectivity index (χ0) is 15.0. The average molecular weight is 281 g/mol. The number of rotatable bonds is 7. The van der Waals surface area contributed by atoms with Gasteiger partial charge in [0.2, 0.25) is 0 Å². The molecule has 0 aliphatic carbocycles. The molecule has 6 heteroatoms. The second-order valence-corrected chi connectivity index (χ2v) is 4.33. The summed E-state index contributed by atoms with van der Waals surface area (Å²) in [5, 5.41) is 2.35. The van der Waals surface area contributed by atoms with Crippen LogP contribution in [0, 0.1) is 0 Å². The lowest BCUT2D eigenvalue weighted by atomic mass is 10.3. The highest BCUT2D eigenvalue weighted by Gasteiger charge is 2.11. The maximum Gasteiger partial charge on any atom is 0.413 e. The van der Waals surface area contributed by atoms with Crippen LogP contribution in [0.5, 0.6) is 11.5 Å². The molecule has 1 N–H and O–H groups in total. The topological polar surface area (TPSA) is 73.9 Å². The summed E-state index contributed by atoms with van der Waals surface area (Å²) in [6, 6.07) is 6.84. The molecule has 0 saturated heterocycles. The van der Waals surface area contributed by atoms with E-state index in [1.807, 2.05) is 13.8 Å². The average Bonchev–Trinajstić information content (AvgIpc) is 2.38. The number of methoxy groups -OCH3 is 1. The van der Waals surface area contributed by atoms with Gasteiger partial charge in [0, 0.05) is 7.11 Å². The molecular formula is C14H19NO5. The third-order valence-corrected chi connectivity index (χ3v) is 2.15. The monoisotopic (exact) mass is 281 g/mol. The van der Waals surface area contributed by atoms with Crippen molar-refractivity contribution in [1.82, 2.24) is 5.32 Å². The molecule has 0 fully saturated rings. The Morgan fingerprint density at radius 1 is 1.20 bits per heavy atom. The van der Waals surface area contributed by atoms with Crippen molar-refractivity contribution in [1.29, 1.82) is 0 Å². The van der Waals surface area contributed by atoms with Gasteiger partial charge in [0.25, 0.3) is 0 Å². The van der Waals surface area contributed by atoms with Crippen molar-refractivity contribution >= 4 is 11.9 Å². The summed E-state index contributed by atoms with van der Waals surface area (Å²) in [6.07, 6.45) is -0.750. The standard InChI is InChI=1S/C14H19NO5/c1-10(2)19-12-6-4-5-7-13(12)20-14(17)15-8-11(16)9-18-3/h4-7,10H,8-9H2,1-3H3,(H,15,17). The molecule has 0 bridgehead atoms. The third-order valence-electron chi connectivity index (χ3n) is 2.15. The van der Waals surface area contributed by atoms with E-state index >= 15 is 0 Å². The molecule has 0 aliphatic rings. The maximum atomic E-state index is 11.6. The highest BCUT2D eigenvalue weighted by molar-refractivity contribution is 5.85. The second-order valence-electron chi connectivity index (χ2n) is 4.33. The third kappa shape index (κ3) is 5.71. The Hall–Kier alpha value is -2.08. The van der Waals surface area contributed by atoms with E-state index in [4.69, 9.17) is 9.47 Å². The Kier molecular flexibility index (Phi) is 6.52. The van der Waals surface area contributed by atoms with Crippen molar-refractivity contribution in [3.05, 3.63) is 24.3 Å². The van der Waals surface area contributed by atoms with Crippen molar-refractivity contribution in [3.63, 3.8) is 0 Å². The molecule has 6 nitrogen and oxygen atoms in total. The lowest BCUT2D eigenvalue weighted by Crippen LogP contribution is -2.33. The van der Waals surface area contributed by atoms with Gasteiger partial charge < -0.3 is 19.5 Å². The van der Waals surface area contributed by atoms with Crippen LogP contribution < -0.4 is 14.8 Å². The molecule has 0 radical (unpaired) electrons. The molecule has 0 atom stereocenters. The SMILES string of the molecule is COCC(=O)CNC(=O)Oc1ccccc1OC(C)C. The zero-order valence-corrected chi connectivity index (χ0v) is 11.8. The van der Waals surface area contributed by atoms with Crippen LogP contribution in [0.3, 0.4) is 0 Å². The van der Waals surface area contributed by atoms with E-state index in [-0.39, 0.29) is 25.0 Å². The minimum absolute atomic E-state index is 0.0360. The van der Waals surface area contributed by atoms with E-state index in [0.29, 0.717) is 11.5 Å². The summed E-state index contributed by atoms with van der Waals surface area (Å²) in [6.45, 7) is 3.56. The number of ketones is 1. The molecule has 1 amide bonds. The number of para-hydroxylation sites is 2. The number of hydrogen-bond donors (Lipinski definition) is 1. The lowest BCUT2D eigenvalue weighted by Gasteiger charge is -2.14. The zero-order valence-electron chi connectivity index (χ0n) is 11.8. The summed E-state index contributed by atoms with van der Waals surface area (Å²) in [5.41, 5.74) is 0. The largest absolute Gasteiger partial charge is 0.487 e. The summed E-state index contributed by atoms with van der Waals surface area (Å²) in [4.78, 5) is 22.8. The van der Waals surface area contributed by atoms with Gasteiger partial charge in [0.15, 0.2) is 17.3 Å². The van der Waals surface area contributed by atoms with Crippen LogP contribution in [0.15, 0.2) is 24.3 Å². The molecule has 110 valence electrons. The number of amides is 1. The first-order valence-electron chi connectivity index (χ1n) is 6.25. The van der Waals surface area contributed by atoms with E-state index < -0.39 is 6.09 Å². The van der Waals surface area contributed by atoms with Crippen molar-refractivity contribution < 1.29 is 23.8 Å². The number of Topliss-reactive ketones (excluding diaryl/α,β-unsaturated/α-hetero) is 1. The molecule has 0 saturated carbocycles. The van der Waals surface area contributed by atoms with Gasteiger partial charge in [-0.2, -0.15) is 0 Å². The number of nitrogens with one attached hydrogen (secondary N) is 1. The highest BCUT2D eigenvalue weighted by Crippen LogP contribution is 2.27. The molecular weight excluding hydrogens is 262 g/mol. The lowest BCUT2D eigenvalue weighted by molar-refractivity contribution is -0.121. The van der Waals surface area contributed by atoms with Crippen LogP contribution in [0.25, 0.3) is 0 Å². The van der Waals surface area contributed by atoms with E-state index in [1.54, 1.807) is 24.3 Å². The second kappa shape index (κ2) is 8.16. The fourth-order valence-electron chi connectivity index (χ4n) is 1.40. The van der Waals surface area contributed by atoms with Crippen LogP contribution in [-0.4, -0.2) is 38.2 Å². The van der Waals surface area contributed by atoms with Gasteiger partial charge in [-0.05, 0) is 26.0 Å². The van der Waals surface area contributed by atoms with Crippen LogP contribution in [0.2, 0.25) is 0 Å². The number of hydrogen-bond acceptors (Lipinski definition) is 5. The minimum atomic E-state index is -0.714. The van der Waals surface area contributed by atoms with Crippen LogP contribution >= 0.6 is 0 Å². The van der Waals surface area contributed by atoms with Gasteiger partial charge in [-0.15, -0.1) is 0 Å². The van der Waals surface area contributed by atoms with Gasteiger partial charge >= 0.3 is 6.09 Å². The van der Waals surface area contributed by atoms with E-state index in [0.717, 1.165) is 0 Å². The quantitative estimate of drug-likeness (QED) is 0.824. The number of carbonyl (C=O) groups is 2.